The van der Waals surface area contributed by atoms with Crippen LogP contribution >= 0.6 is 0 Å². The average molecular weight is 281 g/mol. The molecule has 20 heavy (non-hydrogen) atoms. The predicted molar refractivity (Wildman–Crippen MR) is 61.4 cm³/mol. The lowest BCUT2D eigenvalue weighted by Crippen LogP contribution is -2.03. The van der Waals surface area contributed by atoms with Crippen LogP contribution < -0.4 is 9.47 Å². The fourth-order valence-electron chi connectivity index (χ4n) is 1.37. The Kier molecular flexibility index (Phi) is 4.00. The van der Waals surface area contributed by atoms with Crippen molar-refractivity contribution in [2.24, 2.45) is 0 Å². The van der Waals surface area contributed by atoms with Crippen LogP contribution in [-0.2, 0) is 0 Å². The van der Waals surface area contributed by atoms with Crippen molar-refractivity contribution >= 4 is 5.69 Å². The Bertz CT molecular complexity index is 644. The molecule has 0 amide bonds. The summed E-state index contributed by atoms with van der Waals surface area (Å²) in [6, 6.07) is 4.84. The summed E-state index contributed by atoms with van der Waals surface area (Å²) in [5.74, 6) is -1.72. The molecule has 5 nitrogen and oxygen atoms in total. The molecule has 0 unspecified atom stereocenters. The zero-order valence-electron chi connectivity index (χ0n) is 9.76. The molecule has 0 saturated carbocycles. The second-order valence-corrected chi connectivity index (χ2v) is 3.41. The second kappa shape index (κ2) is 5.88. The average Bonchev–Trinajstić information content (AvgIpc) is 2.39. The lowest BCUT2D eigenvalue weighted by atomic mass is 10.2. The maximum absolute atomic E-state index is 13.6. The molecule has 0 saturated heterocycles. The molecule has 1 aromatic carbocycles. The molecule has 0 aliphatic rings. The van der Waals surface area contributed by atoms with Crippen molar-refractivity contribution in [3.05, 3.63) is 47.7 Å². The van der Waals surface area contributed by atoms with Gasteiger partial charge in [0.05, 0.1) is 6.57 Å². The highest BCUT2D eigenvalue weighted by atomic mass is 19.3. The quantitative estimate of drug-likeness (QED) is 0.804. The van der Waals surface area contributed by atoms with Crippen LogP contribution in [0, 0.1) is 12.4 Å². The van der Waals surface area contributed by atoms with E-state index in [0.29, 0.717) is 0 Å². The van der Waals surface area contributed by atoms with E-state index in [1.165, 1.54) is 18.3 Å². The van der Waals surface area contributed by atoms with Crippen molar-refractivity contribution in [1.29, 1.82) is 0 Å². The van der Waals surface area contributed by atoms with Crippen molar-refractivity contribution in [2.45, 2.75) is 6.61 Å². The van der Waals surface area contributed by atoms with Gasteiger partial charge in [-0.05, 0) is 6.07 Å². The van der Waals surface area contributed by atoms with E-state index in [9.17, 15) is 13.2 Å². The summed E-state index contributed by atoms with van der Waals surface area (Å²) in [6.45, 7) is 3.58. The van der Waals surface area contributed by atoms with Gasteiger partial charge in [0.15, 0.2) is 0 Å². The third-order valence-electron chi connectivity index (χ3n) is 2.10. The molecule has 0 spiro atoms. The van der Waals surface area contributed by atoms with E-state index in [-0.39, 0.29) is 11.6 Å². The van der Waals surface area contributed by atoms with Crippen LogP contribution in [-0.4, -0.2) is 16.8 Å². The van der Waals surface area contributed by atoms with Crippen LogP contribution in [0.25, 0.3) is 4.85 Å². The van der Waals surface area contributed by atoms with Crippen molar-refractivity contribution in [2.75, 3.05) is 0 Å². The Hall–Kier alpha value is -2.82. The molecular weight excluding hydrogens is 275 g/mol. The van der Waals surface area contributed by atoms with Crippen LogP contribution in [0.2, 0.25) is 0 Å². The minimum absolute atomic E-state index is 0.0467. The zero-order chi connectivity index (χ0) is 14.5. The third-order valence-corrected chi connectivity index (χ3v) is 2.10. The van der Waals surface area contributed by atoms with Gasteiger partial charge in [0.2, 0.25) is 5.88 Å². The molecule has 2 aromatic rings. The molecule has 0 radical (unpaired) electrons. The van der Waals surface area contributed by atoms with Gasteiger partial charge in [0.25, 0.3) is 5.69 Å². The topological polar surface area (TPSA) is 48.6 Å². The molecule has 0 aliphatic carbocycles. The molecule has 8 heteroatoms. The first-order valence-electron chi connectivity index (χ1n) is 5.21. The number of ether oxygens (including phenoxy) is 2. The Balaban J connectivity index is 2.36. The van der Waals surface area contributed by atoms with Gasteiger partial charge in [-0.2, -0.15) is 13.9 Å². The maximum atomic E-state index is 13.6. The van der Waals surface area contributed by atoms with Gasteiger partial charge in [-0.3, -0.25) is 0 Å². The fraction of sp³-hybridized carbons (Fsp3) is 0.0833. The third kappa shape index (κ3) is 3.14. The summed E-state index contributed by atoms with van der Waals surface area (Å²) in [6.07, 6.45) is 1.40. The van der Waals surface area contributed by atoms with Gasteiger partial charge in [-0.1, -0.05) is 0 Å². The molecular formula is C12H6F3N3O2. The number of hydrogen-bond acceptors (Lipinski definition) is 4. The van der Waals surface area contributed by atoms with E-state index < -0.39 is 23.9 Å². The summed E-state index contributed by atoms with van der Waals surface area (Å²) in [5.41, 5.74) is -0.642. The molecule has 0 bridgehead atoms. The highest BCUT2D eigenvalue weighted by Crippen LogP contribution is 2.37. The SMILES string of the molecule is [C-]#[N+]c1c(F)cc(Oc2cccnn2)cc1OC(F)F. The van der Waals surface area contributed by atoms with Crippen LogP contribution in [0.5, 0.6) is 17.4 Å². The van der Waals surface area contributed by atoms with Crippen molar-refractivity contribution < 1.29 is 22.6 Å². The molecule has 0 N–H and O–H groups in total. The van der Waals surface area contributed by atoms with Gasteiger partial charge < -0.3 is 9.47 Å². The number of halogens is 3. The van der Waals surface area contributed by atoms with Crippen molar-refractivity contribution in [3.8, 4) is 17.4 Å². The van der Waals surface area contributed by atoms with E-state index in [1.807, 2.05) is 0 Å². The molecule has 1 heterocycles. The van der Waals surface area contributed by atoms with Gasteiger partial charge in [0.1, 0.15) is 17.3 Å². The molecule has 0 fully saturated rings. The molecule has 1 aromatic heterocycles. The number of rotatable bonds is 4. The van der Waals surface area contributed by atoms with E-state index >= 15 is 0 Å². The van der Waals surface area contributed by atoms with Gasteiger partial charge in [0, 0.05) is 24.4 Å². The molecule has 0 atom stereocenters. The van der Waals surface area contributed by atoms with Crippen LogP contribution in [0.4, 0.5) is 18.9 Å². The highest BCUT2D eigenvalue weighted by Gasteiger charge is 2.17. The summed E-state index contributed by atoms with van der Waals surface area (Å²) in [5, 5.41) is 7.13. The van der Waals surface area contributed by atoms with Crippen LogP contribution in [0.1, 0.15) is 0 Å². The summed E-state index contributed by atoms with van der Waals surface area (Å²) in [7, 11) is 0. The van der Waals surface area contributed by atoms with E-state index in [0.717, 1.165) is 12.1 Å². The Morgan fingerprint density at radius 2 is 2.10 bits per heavy atom. The van der Waals surface area contributed by atoms with Crippen molar-refractivity contribution in [3.63, 3.8) is 0 Å². The van der Waals surface area contributed by atoms with Crippen molar-refractivity contribution in [1.82, 2.24) is 10.2 Å². The highest BCUT2D eigenvalue weighted by molar-refractivity contribution is 5.61. The lowest BCUT2D eigenvalue weighted by Gasteiger charge is -2.10. The lowest BCUT2D eigenvalue weighted by molar-refractivity contribution is -0.0494. The molecule has 102 valence electrons. The van der Waals surface area contributed by atoms with Gasteiger partial charge in [-0.25, -0.2) is 9.24 Å². The van der Waals surface area contributed by atoms with Crippen LogP contribution in [0.15, 0.2) is 30.5 Å². The minimum Gasteiger partial charge on any atom is -0.446 e. The largest absolute Gasteiger partial charge is 0.446 e. The normalized spacial score (nSPS) is 10.2. The number of hydrogen-bond donors (Lipinski definition) is 0. The fourth-order valence-corrected chi connectivity index (χ4v) is 1.37. The minimum atomic E-state index is -3.18. The number of aromatic nitrogens is 2. The van der Waals surface area contributed by atoms with Crippen LogP contribution in [0.3, 0.4) is 0 Å². The maximum Gasteiger partial charge on any atom is 0.386 e. The molecule has 2 rings (SSSR count). The summed E-state index contributed by atoms with van der Waals surface area (Å²) >= 11 is 0. The smallest absolute Gasteiger partial charge is 0.386 e. The number of benzene rings is 1. The number of nitrogens with zero attached hydrogens (tertiary/aromatic N) is 3. The first-order chi connectivity index (χ1) is 9.60. The summed E-state index contributed by atoms with van der Waals surface area (Å²) in [4.78, 5) is 2.80. The standard InChI is InChI=1S/C12H6F3N3O2/c1-16-11-8(13)5-7(6-9(11)20-12(14)15)19-10-3-2-4-17-18-10/h2-6,12H. The van der Waals surface area contributed by atoms with E-state index in [2.05, 4.69) is 19.8 Å². The first kappa shape index (κ1) is 13.6. The molecule has 0 aliphatic heterocycles. The number of alkyl halides is 2. The summed E-state index contributed by atoms with van der Waals surface area (Å²) < 4.78 is 47.3. The van der Waals surface area contributed by atoms with E-state index in [1.54, 1.807) is 0 Å². The van der Waals surface area contributed by atoms with Gasteiger partial charge in [-0.15, -0.1) is 5.10 Å². The zero-order valence-corrected chi connectivity index (χ0v) is 9.76. The Labute approximate surface area is 111 Å². The monoisotopic (exact) mass is 281 g/mol. The second-order valence-electron chi connectivity index (χ2n) is 3.41. The predicted octanol–water partition coefficient (Wildman–Crippen LogP) is 3.56. The Morgan fingerprint density at radius 3 is 2.70 bits per heavy atom. The van der Waals surface area contributed by atoms with E-state index in [4.69, 9.17) is 11.3 Å². The van der Waals surface area contributed by atoms with Gasteiger partial charge >= 0.3 is 6.61 Å². The Morgan fingerprint density at radius 1 is 1.30 bits per heavy atom. The first-order valence-corrected chi connectivity index (χ1v) is 5.21.